The summed E-state index contributed by atoms with van der Waals surface area (Å²) in [6.45, 7) is 0.961. The van der Waals surface area contributed by atoms with Gasteiger partial charge >= 0.3 is 0 Å². The monoisotopic (exact) mass is 258 g/mol. The Bertz CT molecular complexity index is 534. The lowest BCUT2D eigenvalue weighted by Crippen LogP contribution is -2.28. The van der Waals surface area contributed by atoms with Crippen LogP contribution in [0.1, 0.15) is 21.9 Å². The average molecular weight is 258 g/mol. The van der Waals surface area contributed by atoms with E-state index in [1.165, 1.54) is 5.56 Å². The summed E-state index contributed by atoms with van der Waals surface area (Å²) >= 11 is 0. The molecular weight excluding hydrogens is 240 g/mol. The average Bonchev–Trinajstić information content (AvgIpc) is 2.94. The Hall–Kier alpha value is -2.07. The van der Waals surface area contributed by atoms with Crippen molar-refractivity contribution in [3.05, 3.63) is 59.5 Å². The van der Waals surface area contributed by atoms with Crippen molar-refractivity contribution in [1.82, 2.24) is 4.90 Å². The van der Waals surface area contributed by atoms with Crippen molar-refractivity contribution >= 4 is 5.91 Å². The van der Waals surface area contributed by atoms with Gasteiger partial charge in [-0.25, -0.2) is 0 Å². The summed E-state index contributed by atoms with van der Waals surface area (Å²) in [5, 5.41) is 0. The SMILES string of the molecule is CN(CCc1ccccc1)C(=O)c1ccc(CN)o1. The first-order valence-corrected chi connectivity index (χ1v) is 6.29. The molecule has 0 radical (unpaired) electrons. The quantitative estimate of drug-likeness (QED) is 0.893. The van der Waals surface area contributed by atoms with Gasteiger partial charge in [0.2, 0.25) is 0 Å². The molecule has 0 aliphatic carbocycles. The second-order valence-electron chi connectivity index (χ2n) is 4.43. The Morgan fingerprint density at radius 3 is 2.58 bits per heavy atom. The lowest BCUT2D eigenvalue weighted by molar-refractivity contribution is 0.0763. The molecule has 4 heteroatoms. The topological polar surface area (TPSA) is 59.5 Å². The molecule has 19 heavy (non-hydrogen) atoms. The number of likely N-dealkylation sites (N-methyl/N-ethyl adjacent to an activating group) is 1. The molecule has 0 unspecified atom stereocenters. The van der Waals surface area contributed by atoms with Crippen molar-refractivity contribution in [1.29, 1.82) is 0 Å². The van der Waals surface area contributed by atoms with E-state index in [1.807, 2.05) is 18.2 Å². The van der Waals surface area contributed by atoms with E-state index >= 15 is 0 Å². The lowest BCUT2D eigenvalue weighted by Gasteiger charge is -2.15. The van der Waals surface area contributed by atoms with E-state index in [0.717, 1.165) is 6.42 Å². The van der Waals surface area contributed by atoms with Gasteiger partial charge in [0.05, 0.1) is 6.54 Å². The van der Waals surface area contributed by atoms with Crippen LogP contribution in [0.3, 0.4) is 0 Å². The molecule has 0 saturated heterocycles. The van der Waals surface area contributed by atoms with Gasteiger partial charge in [-0.3, -0.25) is 4.79 Å². The Kier molecular flexibility index (Phi) is 4.36. The number of carbonyl (C=O) groups excluding carboxylic acids is 1. The summed E-state index contributed by atoms with van der Waals surface area (Å²) in [6, 6.07) is 13.5. The van der Waals surface area contributed by atoms with Crippen molar-refractivity contribution in [2.24, 2.45) is 5.73 Å². The van der Waals surface area contributed by atoms with E-state index in [-0.39, 0.29) is 5.91 Å². The standard InChI is InChI=1S/C15H18N2O2/c1-17(10-9-12-5-3-2-4-6-12)15(18)14-8-7-13(11-16)19-14/h2-8H,9-11,16H2,1H3. The smallest absolute Gasteiger partial charge is 0.289 e. The zero-order valence-corrected chi connectivity index (χ0v) is 11.0. The highest BCUT2D eigenvalue weighted by molar-refractivity contribution is 5.91. The number of nitrogens with two attached hydrogens (primary N) is 1. The summed E-state index contributed by atoms with van der Waals surface area (Å²) < 4.78 is 5.35. The fraction of sp³-hybridized carbons (Fsp3) is 0.267. The van der Waals surface area contributed by atoms with Crippen LogP contribution < -0.4 is 5.73 Å². The van der Waals surface area contributed by atoms with Crippen LogP contribution in [0.25, 0.3) is 0 Å². The van der Waals surface area contributed by atoms with E-state index in [1.54, 1.807) is 24.1 Å². The van der Waals surface area contributed by atoms with Crippen molar-refractivity contribution in [3.63, 3.8) is 0 Å². The van der Waals surface area contributed by atoms with Crippen LogP contribution in [0, 0.1) is 0 Å². The Balaban J connectivity index is 1.92. The number of benzene rings is 1. The Morgan fingerprint density at radius 2 is 1.95 bits per heavy atom. The third-order valence-corrected chi connectivity index (χ3v) is 3.00. The third-order valence-electron chi connectivity index (χ3n) is 3.00. The zero-order chi connectivity index (χ0) is 13.7. The summed E-state index contributed by atoms with van der Waals surface area (Å²) in [5.41, 5.74) is 6.67. The minimum Gasteiger partial charge on any atom is -0.455 e. The molecule has 0 bridgehead atoms. The predicted octanol–water partition coefficient (Wildman–Crippen LogP) is 2.05. The van der Waals surface area contributed by atoms with Gasteiger partial charge < -0.3 is 15.1 Å². The van der Waals surface area contributed by atoms with Crippen LogP contribution in [-0.2, 0) is 13.0 Å². The van der Waals surface area contributed by atoms with E-state index < -0.39 is 0 Å². The number of hydrogen-bond acceptors (Lipinski definition) is 3. The van der Waals surface area contributed by atoms with Crippen LogP contribution >= 0.6 is 0 Å². The minimum absolute atomic E-state index is 0.115. The second-order valence-corrected chi connectivity index (χ2v) is 4.43. The van der Waals surface area contributed by atoms with Gasteiger partial charge in [0.15, 0.2) is 5.76 Å². The highest BCUT2D eigenvalue weighted by Crippen LogP contribution is 2.10. The molecule has 0 spiro atoms. The Morgan fingerprint density at radius 1 is 1.21 bits per heavy atom. The number of furan rings is 1. The highest BCUT2D eigenvalue weighted by atomic mass is 16.4. The van der Waals surface area contributed by atoms with Crippen molar-refractivity contribution in [2.45, 2.75) is 13.0 Å². The first kappa shape index (κ1) is 13.4. The van der Waals surface area contributed by atoms with Crippen LogP contribution in [0.2, 0.25) is 0 Å². The predicted molar refractivity (Wildman–Crippen MR) is 73.7 cm³/mol. The molecular formula is C15H18N2O2. The van der Waals surface area contributed by atoms with Crippen LogP contribution in [0.5, 0.6) is 0 Å². The summed E-state index contributed by atoms with van der Waals surface area (Å²) in [4.78, 5) is 13.7. The largest absolute Gasteiger partial charge is 0.455 e. The highest BCUT2D eigenvalue weighted by Gasteiger charge is 2.15. The first-order valence-electron chi connectivity index (χ1n) is 6.29. The summed E-state index contributed by atoms with van der Waals surface area (Å²) in [7, 11) is 1.77. The van der Waals surface area contributed by atoms with Crippen LogP contribution in [0.4, 0.5) is 0 Å². The molecule has 1 aromatic carbocycles. The van der Waals surface area contributed by atoms with Crippen LogP contribution in [0.15, 0.2) is 46.9 Å². The maximum Gasteiger partial charge on any atom is 0.289 e. The van der Waals surface area contributed by atoms with E-state index in [9.17, 15) is 4.79 Å². The molecule has 4 nitrogen and oxygen atoms in total. The maximum atomic E-state index is 12.1. The normalized spacial score (nSPS) is 10.4. The molecule has 0 aliphatic heterocycles. The minimum atomic E-state index is -0.115. The van der Waals surface area contributed by atoms with Gasteiger partial charge in [0.25, 0.3) is 5.91 Å². The molecule has 1 heterocycles. The number of amides is 1. The molecule has 2 aromatic rings. The molecule has 2 N–H and O–H groups in total. The number of hydrogen-bond donors (Lipinski definition) is 1. The number of rotatable bonds is 5. The first-order chi connectivity index (χ1) is 9.20. The van der Waals surface area contributed by atoms with Gasteiger partial charge in [-0.15, -0.1) is 0 Å². The second kappa shape index (κ2) is 6.20. The zero-order valence-electron chi connectivity index (χ0n) is 11.0. The molecule has 2 rings (SSSR count). The van der Waals surface area contributed by atoms with Gasteiger partial charge in [-0.1, -0.05) is 30.3 Å². The lowest BCUT2D eigenvalue weighted by atomic mass is 10.1. The molecule has 0 atom stereocenters. The molecule has 0 fully saturated rings. The van der Waals surface area contributed by atoms with Crippen molar-refractivity contribution in [2.75, 3.05) is 13.6 Å². The van der Waals surface area contributed by atoms with Crippen molar-refractivity contribution < 1.29 is 9.21 Å². The maximum absolute atomic E-state index is 12.1. The van der Waals surface area contributed by atoms with E-state index in [4.69, 9.17) is 10.2 Å². The fourth-order valence-electron chi connectivity index (χ4n) is 1.83. The van der Waals surface area contributed by atoms with Gasteiger partial charge in [-0.05, 0) is 24.1 Å². The molecule has 1 aromatic heterocycles. The molecule has 0 saturated carbocycles. The van der Waals surface area contributed by atoms with Gasteiger partial charge in [0.1, 0.15) is 5.76 Å². The molecule has 1 amide bonds. The van der Waals surface area contributed by atoms with Crippen molar-refractivity contribution in [3.8, 4) is 0 Å². The van der Waals surface area contributed by atoms with E-state index in [2.05, 4.69) is 12.1 Å². The number of nitrogens with zero attached hydrogens (tertiary/aromatic N) is 1. The third kappa shape index (κ3) is 3.45. The number of carbonyl (C=O) groups is 1. The van der Waals surface area contributed by atoms with Crippen LogP contribution in [-0.4, -0.2) is 24.4 Å². The molecule has 100 valence electrons. The Labute approximate surface area is 112 Å². The molecule has 0 aliphatic rings. The van der Waals surface area contributed by atoms with E-state index in [0.29, 0.717) is 24.6 Å². The van der Waals surface area contributed by atoms with Gasteiger partial charge in [0, 0.05) is 13.6 Å². The fourth-order valence-corrected chi connectivity index (χ4v) is 1.83. The summed E-state index contributed by atoms with van der Waals surface area (Å²) in [6.07, 6.45) is 0.827. The summed E-state index contributed by atoms with van der Waals surface area (Å²) in [5.74, 6) is 0.853. The van der Waals surface area contributed by atoms with Gasteiger partial charge in [-0.2, -0.15) is 0 Å².